The van der Waals surface area contributed by atoms with Gasteiger partial charge in [-0.3, -0.25) is 9.59 Å². The molecule has 1 aliphatic heterocycles. The summed E-state index contributed by atoms with van der Waals surface area (Å²) in [4.78, 5) is 24.8. The molecule has 0 spiro atoms. The minimum Gasteiger partial charge on any atom is -0.481 e. The van der Waals surface area contributed by atoms with Crippen LogP contribution in [-0.2, 0) is 9.59 Å². The van der Waals surface area contributed by atoms with Crippen molar-refractivity contribution in [2.24, 2.45) is 5.92 Å². The highest BCUT2D eigenvalue weighted by Crippen LogP contribution is 2.45. The lowest BCUT2D eigenvalue weighted by atomic mass is 9.93. The Bertz CT molecular complexity index is 586. The summed E-state index contributed by atoms with van der Waals surface area (Å²) in [5.41, 5.74) is 0.0801. The van der Waals surface area contributed by atoms with E-state index >= 15 is 0 Å². The fourth-order valence-corrected chi connectivity index (χ4v) is 2.87. The average molecular weight is 281 g/mol. The van der Waals surface area contributed by atoms with Crippen LogP contribution in [-0.4, -0.2) is 27.9 Å². The number of halogens is 2. The molecule has 2 aliphatic rings. The van der Waals surface area contributed by atoms with Crippen LogP contribution in [0.5, 0.6) is 0 Å². The van der Waals surface area contributed by atoms with Gasteiger partial charge in [-0.25, -0.2) is 8.78 Å². The fraction of sp³-hybridized carbons (Fsp3) is 0.429. The highest BCUT2D eigenvalue weighted by atomic mass is 19.1. The molecule has 2 fully saturated rings. The van der Waals surface area contributed by atoms with Crippen LogP contribution < -0.4 is 0 Å². The first-order chi connectivity index (χ1) is 9.49. The van der Waals surface area contributed by atoms with Crippen LogP contribution in [0.3, 0.4) is 0 Å². The van der Waals surface area contributed by atoms with Crippen LogP contribution in [0.2, 0.25) is 0 Å². The summed E-state index contributed by atoms with van der Waals surface area (Å²) in [6.45, 7) is 0. The van der Waals surface area contributed by atoms with E-state index in [9.17, 15) is 23.5 Å². The van der Waals surface area contributed by atoms with Gasteiger partial charge in [0, 0.05) is 24.1 Å². The van der Waals surface area contributed by atoms with E-state index in [1.165, 1.54) is 11.0 Å². The second kappa shape index (κ2) is 4.54. The van der Waals surface area contributed by atoms with Crippen LogP contribution in [0.15, 0.2) is 18.2 Å². The van der Waals surface area contributed by atoms with E-state index in [0.717, 1.165) is 25.0 Å². The number of carboxylic acid groups (broad SMARTS) is 1. The zero-order valence-corrected chi connectivity index (χ0v) is 10.6. The third-order valence-electron chi connectivity index (χ3n) is 3.90. The van der Waals surface area contributed by atoms with Gasteiger partial charge in [0.1, 0.15) is 11.6 Å². The zero-order chi connectivity index (χ0) is 14.4. The van der Waals surface area contributed by atoms with E-state index in [1.807, 2.05) is 0 Å². The van der Waals surface area contributed by atoms with Crippen molar-refractivity contribution >= 4 is 11.9 Å². The molecule has 106 valence electrons. The first-order valence-corrected chi connectivity index (χ1v) is 6.48. The molecule has 1 aromatic carbocycles. The van der Waals surface area contributed by atoms with Crippen LogP contribution in [0.4, 0.5) is 8.78 Å². The van der Waals surface area contributed by atoms with Crippen molar-refractivity contribution in [2.75, 3.05) is 0 Å². The molecule has 1 aromatic rings. The molecule has 1 saturated carbocycles. The van der Waals surface area contributed by atoms with Gasteiger partial charge in [0.25, 0.3) is 0 Å². The molecule has 1 N–H and O–H groups in total. The quantitative estimate of drug-likeness (QED) is 0.923. The number of benzene rings is 1. The van der Waals surface area contributed by atoms with E-state index in [2.05, 4.69) is 0 Å². The molecule has 1 aliphatic carbocycles. The van der Waals surface area contributed by atoms with Crippen LogP contribution in [0.25, 0.3) is 0 Å². The van der Waals surface area contributed by atoms with Crippen LogP contribution in [0, 0.1) is 17.6 Å². The van der Waals surface area contributed by atoms with Gasteiger partial charge in [-0.05, 0) is 18.9 Å². The minimum absolute atomic E-state index is 0.0127. The van der Waals surface area contributed by atoms with Gasteiger partial charge in [-0.1, -0.05) is 6.07 Å². The molecule has 0 aromatic heterocycles. The molecular formula is C14H13F2NO3. The van der Waals surface area contributed by atoms with Gasteiger partial charge in [-0.15, -0.1) is 0 Å². The molecule has 6 heteroatoms. The number of hydrogen-bond acceptors (Lipinski definition) is 2. The fourth-order valence-electron chi connectivity index (χ4n) is 2.87. The summed E-state index contributed by atoms with van der Waals surface area (Å²) >= 11 is 0. The Kier molecular flexibility index (Phi) is 2.96. The van der Waals surface area contributed by atoms with E-state index in [4.69, 9.17) is 0 Å². The van der Waals surface area contributed by atoms with Crippen molar-refractivity contribution in [3.63, 3.8) is 0 Å². The lowest BCUT2D eigenvalue weighted by molar-refractivity contribution is -0.142. The third-order valence-corrected chi connectivity index (χ3v) is 3.90. The predicted octanol–water partition coefficient (Wildman–Crippen LogP) is 2.10. The van der Waals surface area contributed by atoms with Gasteiger partial charge < -0.3 is 10.0 Å². The molecule has 0 bridgehead atoms. The number of carbonyl (C=O) groups excluding carboxylic acids is 1. The Balaban J connectivity index is 2.05. The van der Waals surface area contributed by atoms with Crippen molar-refractivity contribution in [2.45, 2.75) is 31.3 Å². The zero-order valence-electron chi connectivity index (χ0n) is 10.6. The minimum atomic E-state index is -1.13. The molecule has 2 atom stereocenters. The number of carboxylic acids is 1. The highest BCUT2D eigenvalue weighted by Gasteiger charge is 2.50. The maximum atomic E-state index is 14.0. The van der Waals surface area contributed by atoms with Crippen molar-refractivity contribution < 1.29 is 23.5 Å². The van der Waals surface area contributed by atoms with Crippen LogP contribution >= 0.6 is 0 Å². The molecule has 1 heterocycles. The number of hydrogen-bond donors (Lipinski definition) is 1. The molecule has 3 rings (SSSR count). The van der Waals surface area contributed by atoms with E-state index in [0.29, 0.717) is 0 Å². The lowest BCUT2D eigenvalue weighted by Crippen LogP contribution is -2.33. The molecule has 2 unspecified atom stereocenters. The van der Waals surface area contributed by atoms with Crippen LogP contribution in [0.1, 0.15) is 30.9 Å². The second-order valence-corrected chi connectivity index (χ2v) is 5.29. The van der Waals surface area contributed by atoms with E-state index in [1.54, 1.807) is 0 Å². The van der Waals surface area contributed by atoms with Gasteiger partial charge in [-0.2, -0.15) is 0 Å². The van der Waals surface area contributed by atoms with Gasteiger partial charge in [0.15, 0.2) is 0 Å². The van der Waals surface area contributed by atoms with Gasteiger partial charge >= 0.3 is 5.97 Å². The smallest absolute Gasteiger partial charge is 0.309 e. The Morgan fingerprint density at radius 2 is 2.00 bits per heavy atom. The molecule has 0 radical (unpaired) electrons. The first kappa shape index (κ1) is 13.0. The lowest BCUT2D eigenvalue weighted by Gasteiger charge is -2.27. The van der Waals surface area contributed by atoms with Crippen molar-refractivity contribution in [3.05, 3.63) is 35.4 Å². The normalized spacial score (nSPS) is 26.1. The van der Waals surface area contributed by atoms with Gasteiger partial charge in [0.05, 0.1) is 12.0 Å². The third kappa shape index (κ3) is 2.05. The maximum Gasteiger partial charge on any atom is 0.309 e. The number of amides is 1. The number of carbonyl (C=O) groups is 2. The SMILES string of the molecule is O=C(O)C1CC(=O)N(C2CC2)C1c1ccc(F)cc1F. The summed E-state index contributed by atoms with van der Waals surface area (Å²) in [7, 11) is 0. The second-order valence-electron chi connectivity index (χ2n) is 5.29. The molecule has 1 amide bonds. The monoisotopic (exact) mass is 281 g/mol. The standard InChI is InChI=1S/C14H13F2NO3/c15-7-1-4-9(11(16)5-7)13-10(14(19)20)6-12(18)17(13)8-2-3-8/h1,4-5,8,10,13H,2-3,6H2,(H,19,20). The van der Waals surface area contributed by atoms with Crippen molar-refractivity contribution in [3.8, 4) is 0 Å². The highest BCUT2D eigenvalue weighted by molar-refractivity contribution is 5.87. The largest absolute Gasteiger partial charge is 0.481 e. The van der Waals surface area contributed by atoms with Crippen molar-refractivity contribution in [1.29, 1.82) is 0 Å². The van der Waals surface area contributed by atoms with Gasteiger partial charge in [0.2, 0.25) is 5.91 Å². The Morgan fingerprint density at radius 3 is 2.55 bits per heavy atom. The summed E-state index contributed by atoms with van der Waals surface area (Å²) in [5, 5.41) is 9.25. The summed E-state index contributed by atoms with van der Waals surface area (Å²) in [6, 6.07) is 2.20. The number of rotatable bonds is 3. The van der Waals surface area contributed by atoms with E-state index in [-0.39, 0.29) is 23.9 Å². The molecule has 20 heavy (non-hydrogen) atoms. The Labute approximate surface area is 114 Å². The predicted molar refractivity (Wildman–Crippen MR) is 64.7 cm³/mol. The topological polar surface area (TPSA) is 57.6 Å². The summed E-state index contributed by atoms with van der Waals surface area (Å²) in [5.74, 6) is -3.91. The van der Waals surface area contributed by atoms with Crippen molar-refractivity contribution in [1.82, 2.24) is 4.90 Å². The molecule has 1 saturated heterocycles. The molecular weight excluding hydrogens is 268 g/mol. The summed E-state index contributed by atoms with van der Waals surface area (Å²) in [6.07, 6.45) is 1.47. The van der Waals surface area contributed by atoms with E-state index < -0.39 is 29.6 Å². The maximum absolute atomic E-state index is 14.0. The number of likely N-dealkylation sites (tertiary alicyclic amines) is 1. The Hall–Kier alpha value is -1.98. The number of nitrogens with zero attached hydrogens (tertiary/aromatic N) is 1. The summed E-state index contributed by atoms with van der Waals surface area (Å²) < 4.78 is 27.0. The molecule has 4 nitrogen and oxygen atoms in total. The first-order valence-electron chi connectivity index (χ1n) is 6.48. The average Bonchev–Trinajstić information content (AvgIpc) is 3.13. The number of aliphatic carboxylic acids is 1. The Morgan fingerprint density at radius 1 is 1.30 bits per heavy atom.